The van der Waals surface area contributed by atoms with Gasteiger partial charge in [-0.2, -0.15) is 0 Å². The quantitative estimate of drug-likeness (QED) is 0.431. The second-order valence-electron chi connectivity index (χ2n) is 7.12. The fraction of sp³-hybridized carbons (Fsp3) is 0.227. The van der Waals surface area contributed by atoms with Crippen LogP contribution in [-0.4, -0.2) is 39.7 Å². The average molecular weight is 455 g/mol. The molecule has 1 amide bonds. The highest BCUT2D eigenvalue weighted by Gasteiger charge is 2.33. The minimum atomic E-state index is -0.737. The summed E-state index contributed by atoms with van der Waals surface area (Å²) in [5, 5.41) is 1.26. The van der Waals surface area contributed by atoms with Gasteiger partial charge in [-0.05, 0) is 36.8 Å². The van der Waals surface area contributed by atoms with E-state index < -0.39 is 6.10 Å². The molecule has 0 radical (unpaired) electrons. The van der Waals surface area contributed by atoms with Crippen molar-refractivity contribution in [3.63, 3.8) is 0 Å². The van der Waals surface area contributed by atoms with Gasteiger partial charge >= 0.3 is 0 Å². The van der Waals surface area contributed by atoms with Gasteiger partial charge in [0.05, 0.1) is 16.5 Å². The van der Waals surface area contributed by atoms with Gasteiger partial charge < -0.3 is 14.0 Å². The van der Waals surface area contributed by atoms with E-state index in [9.17, 15) is 4.79 Å². The summed E-state index contributed by atoms with van der Waals surface area (Å²) in [4.78, 5) is 23.9. The van der Waals surface area contributed by atoms with Crippen LogP contribution in [-0.2, 0) is 11.3 Å². The number of aryl methyl sites for hydroxylation is 1. The van der Waals surface area contributed by atoms with Gasteiger partial charge in [0.25, 0.3) is 5.91 Å². The van der Waals surface area contributed by atoms with Crippen molar-refractivity contribution in [3.05, 3.63) is 66.2 Å². The number of carbonyl (C=O) groups is 1. The summed E-state index contributed by atoms with van der Waals surface area (Å²) in [5.74, 6) is 1.04. The van der Waals surface area contributed by atoms with Crippen LogP contribution in [0.3, 0.4) is 0 Å². The summed E-state index contributed by atoms with van der Waals surface area (Å²) < 4.78 is 14.6. The molecule has 1 aliphatic rings. The van der Waals surface area contributed by atoms with E-state index in [1.807, 2.05) is 41.1 Å². The van der Waals surface area contributed by atoms with Gasteiger partial charge in [-0.3, -0.25) is 9.69 Å². The van der Waals surface area contributed by atoms with Gasteiger partial charge in [0.15, 0.2) is 16.6 Å². The maximum Gasteiger partial charge on any atom is 0.273 e. The van der Waals surface area contributed by atoms with Gasteiger partial charge in [-0.1, -0.05) is 35.1 Å². The molecule has 0 spiro atoms. The van der Waals surface area contributed by atoms with Gasteiger partial charge in [-0.15, -0.1) is 0 Å². The number of thiazole rings is 1. The number of para-hydroxylation sites is 2. The SMILES string of the molecule is O=C(C1COc2ccccc2O1)N(CCCn1ccnc1)c1nc2ccc(Cl)cc2s1. The highest BCUT2D eigenvalue weighted by Crippen LogP contribution is 2.34. The Balaban J connectivity index is 1.40. The Hall–Kier alpha value is -3.10. The third-order valence-electron chi connectivity index (χ3n) is 4.98. The lowest BCUT2D eigenvalue weighted by Gasteiger charge is -2.29. The van der Waals surface area contributed by atoms with Gasteiger partial charge in [0.1, 0.15) is 6.61 Å². The molecule has 0 fully saturated rings. The highest BCUT2D eigenvalue weighted by atomic mass is 35.5. The molecular weight excluding hydrogens is 436 g/mol. The average Bonchev–Trinajstić information content (AvgIpc) is 3.45. The zero-order valence-corrected chi connectivity index (χ0v) is 18.1. The van der Waals surface area contributed by atoms with E-state index in [1.54, 1.807) is 29.6 Å². The summed E-state index contributed by atoms with van der Waals surface area (Å²) in [6.07, 6.45) is 5.41. The molecule has 158 valence electrons. The molecular formula is C22H19ClN4O3S. The topological polar surface area (TPSA) is 69.5 Å². The molecule has 1 aliphatic heterocycles. The van der Waals surface area contributed by atoms with Crippen molar-refractivity contribution in [2.45, 2.75) is 19.1 Å². The first-order valence-corrected chi connectivity index (χ1v) is 11.1. The Morgan fingerprint density at radius 2 is 2.13 bits per heavy atom. The Bertz CT molecular complexity index is 1210. The third kappa shape index (κ3) is 4.22. The Morgan fingerprint density at radius 3 is 2.97 bits per heavy atom. The number of amides is 1. The van der Waals surface area contributed by atoms with Crippen LogP contribution < -0.4 is 14.4 Å². The van der Waals surface area contributed by atoms with Crippen LogP contribution in [0.2, 0.25) is 5.02 Å². The number of benzene rings is 2. The molecule has 2 aromatic carbocycles. The third-order valence-corrected chi connectivity index (χ3v) is 6.25. The maximum atomic E-state index is 13.5. The van der Waals surface area contributed by atoms with E-state index in [0.29, 0.717) is 28.2 Å². The summed E-state index contributed by atoms with van der Waals surface area (Å²) in [7, 11) is 0. The summed E-state index contributed by atoms with van der Waals surface area (Å²) >= 11 is 7.57. The predicted molar refractivity (Wildman–Crippen MR) is 120 cm³/mol. The van der Waals surface area contributed by atoms with Crippen LogP contribution in [0.5, 0.6) is 11.5 Å². The molecule has 0 saturated carbocycles. The second kappa shape index (κ2) is 8.56. The largest absolute Gasteiger partial charge is 0.485 e. The van der Waals surface area contributed by atoms with E-state index >= 15 is 0 Å². The number of halogens is 1. The molecule has 0 aliphatic carbocycles. The monoisotopic (exact) mass is 454 g/mol. The van der Waals surface area contributed by atoms with Crippen LogP contribution in [0.4, 0.5) is 5.13 Å². The van der Waals surface area contributed by atoms with Gasteiger partial charge in [0.2, 0.25) is 6.10 Å². The van der Waals surface area contributed by atoms with Crippen molar-refractivity contribution < 1.29 is 14.3 Å². The number of rotatable bonds is 6. The van der Waals surface area contributed by atoms with E-state index in [4.69, 9.17) is 21.1 Å². The van der Waals surface area contributed by atoms with Crippen molar-refractivity contribution in [1.82, 2.24) is 14.5 Å². The van der Waals surface area contributed by atoms with Gasteiger partial charge in [-0.25, -0.2) is 9.97 Å². The molecule has 0 bridgehead atoms. The number of nitrogens with zero attached hydrogens (tertiary/aromatic N) is 4. The smallest absolute Gasteiger partial charge is 0.273 e. The molecule has 3 heterocycles. The lowest BCUT2D eigenvalue weighted by molar-refractivity contribution is -0.127. The molecule has 1 atom stereocenters. The van der Waals surface area contributed by atoms with Crippen molar-refractivity contribution in [1.29, 1.82) is 0 Å². The molecule has 0 N–H and O–H groups in total. The van der Waals surface area contributed by atoms with Crippen molar-refractivity contribution in [2.75, 3.05) is 18.1 Å². The summed E-state index contributed by atoms with van der Waals surface area (Å²) in [6, 6.07) is 12.9. The van der Waals surface area contributed by atoms with Crippen LogP contribution >= 0.6 is 22.9 Å². The molecule has 2 aromatic heterocycles. The van der Waals surface area contributed by atoms with Crippen LogP contribution in [0.15, 0.2) is 61.2 Å². The standard InChI is InChI=1S/C22H19ClN4O3S/c23-15-6-7-16-20(12-15)31-22(25-16)27(10-3-9-26-11-8-24-14-26)21(28)19-13-29-17-4-1-2-5-18(17)30-19/h1-2,4-8,11-12,14,19H,3,9-10,13H2. The number of aromatic nitrogens is 3. The molecule has 7 nitrogen and oxygen atoms in total. The number of ether oxygens (including phenoxy) is 2. The Labute approximate surface area is 187 Å². The van der Waals surface area contributed by atoms with Gasteiger partial charge in [0, 0.05) is 30.5 Å². The fourth-order valence-electron chi connectivity index (χ4n) is 3.45. The number of hydrogen-bond acceptors (Lipinski definition) is 6. The molecule has 1 unspecified atom stereocenters. The minimum absolute atomic E-state index is 0.157. The maximum absolute atomic E-state index is 13.5. The Morgan fingerprint density at radius 1 is 1.26 bits per heavy atom. The van der Waals surface area contributed by atoms with E-state index in [2.05, 4.69) is 9.97 Å². The zero-order chi connectivity index (χ0) is 21.2. The minimum Gasteiger partial charge on any atom is -0.485 e. The first-order chi connectivity index (χ1) is 15.2. The van der Waals surface area contributed by atoms with E-state index in [-0.39, 0.29) is 12.5 Å². The van der Waals surface area contributed by atoms with Crippen molar-refractivity contribution >= 4 is 44.2 Å². The van der Waals surface area contributed by atoms with E-state index in [1.165, 1.54) is 11.3 Å². The second-order valence-corrected chi connectivity index (χ2v) is 8.56. The molecule has 4 aromatic rings. The fourth-order valence-corrected chi connectivity index (χ4v) is 4.72. The number of anilines is 1. The number of carbonyl (C=O) groups excluding carboxylic acids is 1. The number of fused-ring (bicyclic) bond motifs is 2. The van der Waals surface area contributed by atoms with Crippen LogP contribution in [0.25, 0.3) is 10.2 Å². The first-order valence-electron chi connectivity index (χ1n) is 9.89. The predicted octanol–water partition coefficient (Wildman–Crippen LogP) is 4.41. The van der Waals surface area contributed by atoms with Crippen LogP contribution in [0.1, 0.15) is 6.42 Å². The highest BCUT2D eigenvalue weighted by molar-refractivity contribution is 7.22. The van der Waals surface area contributed by atoms with Crippen LogP contribution in [0, 0.1) is 0 Å². The molecule has 31 heavy (non-hydrogen) atoms. The summed E-state index contributed by atoms with van der Waals surface area (Å²) in [5.41, 5.74) is 0.808. The van der Waals surface area contributed by atoms with E-state index in [0.717, 1.165) is 23.2 Å². The molecule has 5 rings (SSSR count). The lowest BCUT2D eigenvalue weighted by atomic mass is 10.2. The number of hydrogen-bond donors (Lipinski definition) is 0. The zero-order valence-electron chi connectivity index (χ0n) is 16.5. The molecule has 0 saturated heterocycles. The molecule has 9 heteroatoms. The Kier molecular flexibility index (Phi) is 5.48. The first kappa shape index (κ1) is 19.8. The lowest BCUT2D eigenvalue weighted by Crippen LogP contribution is -2.47. The number of imidazole rings is 1. The normalized spacial score (nSPS) is 15.2. The summed E-state index contributed by atoms with van der Waals surface area (Å²) in [6.45, 7) is 1.39. The van der Waals surface area contributed by atoms with Crippen molar-refractivity contribution in [3.8, 4) is 11.5 Å². The van der Waals surface area contributed by atoms with Crippen molar-refractivity contribution in [2.24, 2.45) is 0 Å².